The Morgan fingerprint density at radius 3 is 2.33 bits per heavy atom. The van der Waals surface area contributed by atoms with Crippen molar-refractivity contribution in [2.45, 2.75) is 12.1 Å². The Morgan fingerprint density at radius 2 is 1.59 bits per heavy atom. The molecule has 4 rings (SSSR count). The highest BCUT2D eigenvalue weighted by Crippen LogP contribution is 2.44. The Bertz CT molecular complexity index is 914. The third-order valence-electron chi connectivity index (χ3n) is 4.97. The Balaban J connectivity index is 1.76. The number of hydrogen-bond acceptors (Lipinski definition) is 4. The summed E-state index contributed by atoms with van der Waals surface area (Å²) in [4.78, 5) is 41.6. The molecule has 7 heteroatoms. The fourth-order valence-corrected chi connectivity index (χ4v) is 3.67. The third kappa shape index (κ3) is 2.50. The van der Waals surface area contributed by atoms with E-state index in [-0.39, 0.29) is 13.2 Å². The quantitative estimate of drug-likeness (QED) is 0.645. The van der Waals surface area contributed by atoms with E-state index < -0.39 is 23.4 Å². The van der Waals surface area contributed by atoms with Crippen molar-refractivity contribution in [3.63, 3.8) is 0 Å². The molecule has 0 aromatic heterocycles. The van der Waals surface area contributed by atoms with Gasteiger partial charge in [0.25, 0.3) is 11.8 Å². The molecule has 4 amide bonds. The summed E-state index contributed by atoms with van der Waals surface area (Å²) in [5.74, 6) is -0.997. The minimum Gasteiger partial charge on any atom is -0.383 e. The number of urea groups is 1. The highest BCUT2D eigenvalue weighted by Gasteiger charge is 2.63. The van der Waals surface area contributed by atoms with Gasteiger partial charge in [0.15, 0.2) is 0 Å². The SMILES string of the molecule is COCCN1C(=O)NC2(C1=O)C(=O)N(Cc1ccccc1)c1ccccc12. The van der Waals surface area contributed by atoms with Gasteiger partial charge in [-0.3, -0.25) is 14.5 Å². The molecule has 2 aromatic rings. The van der Waals surface area contributed by atoms with Crippen LogP contribution >= 0.6 is 0 Å². The number of methoxy groups -OCH3 is 1. The van der Waals surface area contributed by atoms with Crippen LogP contribution in [0.15, 0.2) is 54.6 Å². The van der Waals surface area contributed by atoms with Gasteiger partial charge in [-0.1, -0.05) is 48.5 Å². The zero-order valence-electron chi connectivity index (χ0n) is 14.8. The summed E-state index contributed by atoms with van der Waals surface area (Å²) < 4.78 is 4.98. The molecule has 1 saturated heterocycles. The van der Waals surface area contributed by atoms with Gasteiger partial charge in [-0.25, -0.2) is 4.79 Å². The summed E-state index contributed by atoms with van der Waals surface area (Å²) in [5, 5.41) is 2.65. The van der Waals surface area contributed by atoms with Gasteiger partial charge in [-0.05, 0) is 11.6 Å². The van der Waals surface area contributed by atoms with Gasteiger partial charge in [-0.15, -0.1) is 0 Å². The van der Waals surface area contributed by atoms with Gasteiger partial charge < -0.3 is 15.0 Å². The lowest BCUT2D eigenvalue weighted by Gasteiger charge is -2.22. The molecule has 1 atom stereocenters. The molecule has 2 aliphatic rings. The molecule has 0 saturated carbocycles. The summed E-state index contributed by atoms with van der Waals surface area (Å²) in [5.41, 5.74) is 0.374. The lowest BCUT2D eigenvalue weighted by Crippen LogP contribution is -2.52. The zero-order valence-corrected chi connectivity index (χ0v) is 14.8. The molecular weight excluding hydrogens is 346 g/mol. The maximum atomic E-state index is 13.4. The van der Waals surface area contributed by atoms with Gasteiger partial charge in [0.05, 0.1) is 25.4 Å². The number of anilines is 1. The highest BCUT2D eigenvalue weighted by atomic mass is 16.5. The maximum Gasteiger partial charge on any atom is 0.325 e. The first kappa shape index (κ1) is 17.2. The highest BCUT2D eigenvalue weighted by molar-refractivity contribution is 6.27. The van der Waals surface area contributed by atoms with Crippen LogP contribution in [0.5, 0.6) is 0 Å². The monoisotopic (exact) mass is 365 g/mol. The minimum atomic E-state index is -1.70. The lowest BCUT2D eigenvalue weighted by molar-refractivity contribution is -0.138. The van der Waals surface area contributed by atoms with Crippen LogP contribution in [0, 0.1) is 0 Å². The van der Waals surface area contributed by atoms with Crippen molar-refractivity contribution < 1.29 is 19.1 Å². The largest absolute Gasteiger partial charge is 0.383 e. The molecule has 0 bridgehead atoms. The Morgan fingerprint density at radius 1 is 0.926 bits per heavy atom. The number of carbonyl (C=O) groups excluding carboxylic acids is 3. The molecule has 1 spiro atoms. The van der Waals surface area contributed by atoms with E-state index in [2.05, 4.69) is 5.32 Å². The summed E-state index contributed by atoms with van der Waals surface area (Å²) in [7, 11) is 1.49. The molecule has 1 N–H and O–H groups in total. The number of rotatable bonds is 5. The summed E-state index contributed by atoms with van der Waals surface area (Å²) >= 11 is 0. The number of carbonyl (C=O) groups is 3. The predicted octanol–water partition coefficient (Wildman–Crippen LogP) is 1.63. The Kier molecular flexibility index (Phi) is 4.16. The Hall–Kier alpha value is -3.19. The number of nitrogens with one attached hydrogen (secondary N) is 1. The number of nitrogens with zero attached hydrogens (tertiary/aromatic N) is 2. The molecule has 2 heterocycles. The van der Waals surface area contributed by atoms with Crippen LogP contribution in [0.2, 0.25) is 0 Å². The van der Waals surface area contributed by atoms with Crippen LogP contribution in [0.1, 0.15) is 11.1 Å². The van der Waals surface area contributed by atoms with Crippen molar-refractivity contribution in [3.8, 4) is 0 Å². The number of imide groups is 1. The lowest BCUT2D eigenvalue weighted by atomic mass is 9.91. The number of benzene rings is 2. The number of ether oxygens (including phenoxy) is 1. The van der Waals surface area contributed by atoms with E-state index in [4.69, 9.17) is 4.74 Å². The average Bonchev–Trinajstić information content (AvgIpc) is 3.08. The molecule has 0 radical (unpaired) electrons. The van der Waals surface area contributed by atoms with Crippen LogP contribution in [0.3, 0.4) is 0 Å². The smallest absolute Gasteiger partial charge is 0.325 e. The van der Waals surface area contributed by atoms with Crippen molar-refractivity contribution in [2.24, 2.45) is 0 Å². The Labute approximate surface area is 156 Å². The van der Waals surface area contributed by atoms with E-state index >= 15 is 0 Å². The second kappa shape index (κ2) is 6.51. The molecule has 27 heavy (non-hydrogen) atoms. The summed E-state index contributed by atoms with van der Waals surface area (Å²) in [6, 6.07) is 16.0. The van der Waals surface area contributed by atoms with Crippen molar-refractivity contribution in [2.75, 3.05) is 25.2 Å². The maximum absolute atomic E-state index is 13.4. The number of amides is 4. The molecule has 1 unspecified atom stereocenters. The van der Waals surface area contributed by atoms with Crippen LogP contribution in [-0.2, 0) is 26.4 Å². The van der Waals surface area contributed by atoms with Crippen LogP contribution in [-0.4, -0.2) is 43.0 Å². The first-order valence-electron chi connectivity index (χ1n) is 8.68. The zero-order chi connectivity index (χ0) is 19.0. The van der Waals surface area contributed by atoms with Gasteiger partial charge in [0.2, 0.25) is 5.54 Å². The van der Waals surface area contributed by atoms with Gasteiger partial charge in [-0.2, -0.15) is 0 Å². The second-order valence-electron chi connectivity index (χ2n) is 6.52. The number of hydrogen-bond donors (Lipinski definition) is 1. The number of fused-ring (bicyclic) bond motifs is 2. The van der Waals surface area contributed by atoms with Gasteiger partial charge in [0.1, 0.15) is 0 Å². The van der Waals surface area contributed by atoms with Crippen LogP contribution < -0.4 is 10.2 Å². The molecule has 1 fully saturated rings. The molecule has 0 aliphatic carbocycles. The van der Waals surface area contributed by atoms with Gasteiger partial charge in [0, 0.05) is 12.7 Å². The van der Waals surface area contributed by atoms with E-state index in [0.717, 1.165) is 10.5 Å². The van der Waals surface area contributed by atoms with E-state index in [1.807, 2.05) is 36.4 Å². The van der Waals surface area contributed by atoms with Gasteiger partial charge >= 0.3 is 6.03 Å². The molecule has 2 aromatic carbocycles. The fourth-order valence-electron chi connectivity index (χ4n) is 3.67. The normalized spacial score (nSPS) is 21.1. The standard InChI is InChI=1S/C20H19N3O4/c1-27-12-11-22-17(24)20(21-19(22)26)15-9-5-6-10-16(15)23(18(20)25)13-14-7-3-2-4-8-14/h2-10H,11-13H2,1H3,(H,21,26). The minimum absolute atomic E-state index is 0.0943. The molecule has 138 valence electrons. The molecule has 7 nitrogen and oxygen atoms in total. The predicted molar refractivity (Wildman–Crippen MR) is 97.9 cm³/mol. The van der Waals surface area contributed by atoms with E-state index in [1.165, 1.54) is 7.11 Å². The first-order valence-corrected chi connectivity index (χ1v) is 8.68. The third-order valence-corrected chi connectivity index (χ3v) is 4.97. The van der Waals surface area contributed by atoms with Crippen molar-refractivity contribution in [3.05, 3.63) is 65.7 Å². The van der Waals surface area contributed by atoms with Crippen LogP contribution in [0.4, 0.5) is 10.5 Å². The summed E-state index contributed by atoms with van der Waals surface area (Å²) in [6.45, 7) is 0.621. The van der Waals surface area contributed by atoms with E-state index in [1.54, 1.807) is 23.1 Å². The van der Waals surface area contributed by atoms with Crippen molar-refractivity contribution >= 4 is 23.5 Å². The van der Waals surface area contributed by atoms with Crippen LogP contribution in [0.25, 0.3) is 0 Å². The average molecular weight is 365 g/mol. The van der Waals surface area contributed by atoms with Crippen molar-refractivity contribution in [1.29, 1.82) is 0 Å². The molecular formula is C20H19N3O4. The topological polar surface area (TPSA) is 79.0 Å². The molecule has 2 aliphatic heterocycles. The summed E-state index contributed by atoms with van der Waals surface area (Å²) in [6.07, 6.45) is 0. The van der Waals surface area contributed by atoms with E-state index in [0.29, 0.717) is 17.8 Å². The van der Waals surface area contributed by atoms with Crippen molar-refractivity contribution in [1.82, 2.24) is 10.2 Å². The van der Waals surface area contributed by atoms with E-state index in [9.17, 15) is 14.4 Å². The fraction of sp³-hybridized carbons (Fsp3) is 0.250. The first-order chi connectivity index (χ1) is 13.1. The number of para-hydroxylation sites is 1. The second-order valence-corrected chi connectivity index (χ2v) is 6.52.